The van der Waals surface area contributed by atoms with Crippen molar-refractivity contribution in [2.75, 3.05) is 25.5 Å². The van der Waals surface area contributed by atoms with Crippen LogP contribution in [0, 0.1) is 36.5 Å². The third-order valence-electron chi connectivity index (χ3n) is 22.1. The zero-order chi connectivity index (χ0) is 81.4. The van der Waals surface area contributed by atoms with Crippen molar-refractivity contribution >= 4 is 70.6 Å². The van der Waals surface area contributed by atoms with Crippen LogP contribution in [0.2, 0.25) is 5.02 Å². The summed E-state index contributed by atoms with van der Waals surface area (Å²) < 4.78 is 31.5. The van der Waals surface area contributed by atoms with Gasteiger partial charge in [0.2, 0.25) is 59.3 Å². The third-order valence-corrected chi connectivity index (χ3v) is 22.4. The van der Waals surface area contributed by atoms with Gasteiger partial charge in [-0.2, -0.15) is 0 Å². The van der Waals surface area contributed by atoms with Gasteiger partial charge in [-0.1, -0.05) is 50.6 Å². The van der Waals surface area contributed by atoms with Crippen LogP contribution >= 0.6 is 11.6 Å². The van der Waals surface area contributed by atoms with Gasteiger partial charge in [-0.15, -0.1) is 0 Å². The number of carbonyl (C=O) groups excluding carboxylic acids is 9. The third kappa shape index (κ3) is 17.3. The van der Waals surface area contributed by atoms with Gasteiger partial charge in [0.15, 0.2) is 11.5 Å². The van der Waals surface area contributed by atoms with Crippen molar-refractivity contribution in [3.63, 3.8) is 0 Å². The molecule has 20 N–H and O–H groups in total. The standard InChI is InChI=1S/C80H92ClN11O22/c1-6-17-110-45-12-10-43(11-13-45)84-80(109)86-58(96)31-50-73(103)88-62-42-27-55(111-53-15-8-38(19-34(53)4)66(97)64(77(107)85-50)91-72(102)49(83-5)18-33(2)3)71(114-79-70(101)69(100)68(99)57(32-82)113-79)56(28-42)112-54-16-9-39(26-48(54)81)67(98)65-78(108)90-63(76(106)87-60-40-21-35-20-36(23-40)24-41(60)22-35)47-29-44(93)30-52(95)59(47)46-25-37(7-14-51(46)94)61(74(104)92-65)89-75(62)105/h7-16,19,25-30,33,35-36,40-41,49-50,57,60-70,79,83,93-95,97-101H,6,17-18,20-24,31-32,82H2,1-5H3,(H,85,107)(H,87,106)(H,88,103)(H,89,105)(H,90,108)(H,91,102)(H,92,104)(H2,84,86,96,109)/t35?,36?,40?,41?,49-,50+,57-,60?,61-,62-,63+,64-,65+,66-,67-,68-,69+,70-,79+/m1/s1. The van der Waals surface area contributed by atoms with Crippen LogP contribution in [0.4, 0.5) is 10.5 Å². The van der Waals surface area contributed by atoms with E-state index in [4.69, 9.17) is 41.0 Å². The molecule has 33 nitrogen and oxygen atoms in total. The van der Waals surface area contributed by atoms with E-state index < -0.39 is 192 Å². The molecule has 4 saturated carbocycles. The number of ether oxygens (including phenoxy) is 5. The first-order valence-electron chi connectivity index (χ1n) is 37.8. The normalized spacial score (nSPS) is 28.0. The molecule has 1 saturated heterocycles. The summed E-state index contributed by atoms with van der Waals surface area (Å²) in [7, 11) is 1.50. The molecule has 16 rings (SSSR count). The fourth-order valence-electron chi connectivity index (χ4n) is 16.6. The predicted octanol–water partition coefficient (Wildman–Crippen LogP) is 4.00. The largest absolute Gasteiger partial charge is 0.508 e. The number of amides is 10. The second kappa shape index (κ2) is 34.0. The molecule has 15 bridgehead atoms. The van der Waals surface area contributed by atoms with Crippen molar-refractivity contribution in [2.24, 2.45) is 35.3 Å². The van der Waals surface area contributed by atoms with Crippen molar-refractivity contribution < 1.29 is 108 Å². The Kier molecular flexibility index (Phi) is 24.2. The highest BCUT2D eigenvalue weighted by Gasteiger charge is 2.51. The monoisotopic (exact) mass is 1590 g/mol. The molecule has 5 fully saturated rings. The first kappa shape index (κ1) is 81.1. The Morgan fingerprint density at radius 1 is 0.649 bits per heavy atom. The first-order chi connectivity index (χ1) is 54.4. The summed E-state index contributed by atoms with van der Waals surface area (Å²) in [5.74, 6) is -12.2. The molecular formula is C80H92ClN11O22. The summed E-state index contributed by atoms with van der Waals surface area (Å²) >= 11 is 7.18. The van der Waals surface area contributed by atoms with Gasteiger partial charge in [0, 0.05) is 35.5 Å². The van der Waals surface area contributed by atoms with E-state index in [0.717, 1.165) is 80.6 Å². The van der Waals surface area contributed by atoms with Gasteiger partial charge in [0.25, 0.3) is 0 Å². The molecule has 0 unspecified atom stereocenters. The van der Waals surface area contributed by atoms with Gasteiger partial charge >= 0.3 is 6.03 Å². The summed E-state index contributed by atoms with van der Waals surface area (Å²) in [6, 6.07) is 5.88. The van der Waals surface area contributed by atoms with Crippen molar-refractivity contribution in [2.45, 2.75) is 170 Å². The summed E-state index contributed by atoms with van der Waals surface area (Å²) in [5, 5.41) is 121. The average Bonchev–Trinajstić information content (AvgIpc) is 0.755. The van der Waals surface area contributed by atoms with Gasteiger partial charge in [0.05, 0.1) is 24.1 Å². The number of halogens is 1. The highest BCUT2D eigenvalue weighted by molar-refractivity contribution is 6.32. The maximum absolute atomic E-state index is 16.4. The average molecular weight is 1600 g/mol. The predicted molar refractivity (Wildman–Crippen MR) is 406 cm³/mol. The highest BCUT2D eigenvalue weighted by Crippen LogP contribution is 2.55. The fraction of sp³-hybridized carbons (Fsp3) is 0.438. The Balaban J connectivity index is 0.991. The quantitative estimate of drug-likeness (QED) is 0.0651. The lowest BCUT2D eigenvalue weighted by Gasteiger charge is -2.54. The summed E-state index contributed by atoms with van der Waals surface area (Å²) in [6.07, 6.45) is -9.21. The van der Waals surface area contributed by atoms with E-state index >= 15 is 28.8 Å². The Hall–Kier alpha value is -10.9. The number of hydrogen-bond donors (Lipinski definition) is 19. The zero-order valence-corrected chi connectivity index (χ0v) is 63.4. The smallest absolute Gasteiger partial charge is 0.325 e. The Labute approximate surface area is 658 Å². The number of aliphatic hydroxyl groups is 5. The minimum atomic E-state index is -2.34. The molecule has 34 heteroatoms. The molecule has 0 radical (unpaired) electrons. The lowest BCUT2D eigenvalue weighted by atomic mass is 9.54. The zero-order valence-electron chi connectivity index (χ0n) is 62.7. The van der Waals surface area contributed by atoms with Crippen LogP contribution in [0.1, 0.15) is 136 Å². The molecule has 0 aromatic heterocycles. The van der Waals surface area contributed by atoms with E-state index in [1.54, 1.807) is 12.1 Å². The first-order valence-corrected chi connectivity index (χ1v) is 38.2. The van der Waals surface area contributed by atoms with Gasteiger partial charge in [-0.25, -0.2) is 4.79 Å². The second-order valence-electron chi connectivity index (χ2n) is 30.6. The second-order valence-corrected chi connectivity index (χ2v) is 31.0. The van der Waals surface area contributed by atoms with E-state index in [2.05, 4.69) is 53.2 Å². The van der Waals surface area contributed by atoms with Crippen LogP contribution in [0.5, 0.6) is 51.7 Å². The number of phenols is 3. The van der Waals surface area contributed by atoms with Crippen LogP contribution in [-0.4, -0.2) is 175 Å². The van der Waals surface area contributed by atoms with E-state index in [0.29, 0.717) is 30.6 Å². The number of nitrogens with one attached hydrogen (secondary N) is 10. The molecule has 6 aliphatic heterocycles. The van der Waals surface area contributed by atoms with Crippen molar-refractivity contribution in [3.05, 3.63) is 142 Å². The number of fused-ring (bicyclic) bond motifs is 15. The fourth-order valence-corrected chi connectivity index (χ4v) is 16.8. The molecule has 10 aliphatic rings. The maximum Gasteiger partial charge on any atom is 0.325 e. The number of aryl methyl sites for hydroxylation is 1. The van der Waals surface area contributed by atoms with Crippen molar-refractivity contribution in [1.82, 2.24) is 47.9 Å². The summed E-state index contributed by atoms with van der Waals surface area (Å²) in [5.41, 5.74) is 4.44. The molecule has 6 aromatic rings. The van der Waals surface area contributed by atoms with Crippen LogP contribution < -0.4 is 77.8 Å². The number of urea groups is 1. The number of rotatable bonds is 16. The lowest BCUT2D eigenvalue weighted by molar-refractivity contribution is -0.270. The molecule has 14 atom stereocenters. The van der Waals surface area contributed by atoms with Crippen LogP contribution in [-0.2, 0) is 43.1 Å². The van der Waals surface area contributed by atoms with Crippen LogP contribution in [0.25, 0.3) is 11.1 Å². The van der Waals surface area contributed by atoms with Gasteiger partial charge in [0.1, 0.15) is 107 Å². The molecule has 6 aromatic carbocycles. The summed E-state index contributed by atoms with van der Waals surface area (Å²) in [4.78, 5) is 137. The summed E-state index contributed by atoms with van der Waals surface area (Å²) in [6.45, 7) is 7.05. The number of imide groups is 1. The highest BCUT2D eigenvalue weighted by atomic mass is 35.5. The topological polar surface area (TPSA) is 508 Å². The van der Waals surface area contributed by atoms with Crippen LogP contribution in [0.3, 0.4) is 0 Å². The SMILES string of the molecule is CCCOc1ccc(NC(=O)NC(=O)C[C@@H]2NC(=O)[C@H](NC(=O)[C@@H](CC(C)C)NC)[C@H](O)c3ccc(c(C)c3)Oc3cc4cc(c3O[C@@H]3O[C@H](CN)[C@@H](O)[C@H](O)[C@H]3O)Oc3ccc(cc3Cl)[C@@H](O)[C@@H]3NC(=O)[C@H](NC(=O)[C@@H]4NC2=O)c2ccc(O)c(c2)-c2c(O)cc(O)cc2[C@@H](C(=O)NC2C4CC5CC(C4)CC2C5)NC3=O)cc1. The van der Waals surface area contributed by atoms with E-state index in [9.17, 15) is 55.2 Å². The van der Waals surface area contributed by atoms with Crippen molar-refractivity contribution in [1.29, 1.82) is 0 Å². The van der Waals surface area contributed by atoms with Crippen LogP contribution in [0.15, 0.2) is 103 Å². The minimum Gasteiger partial charge on any atom is -0.508 e. The molecule has 114 heavy (non-hydrogen) atoms. The number of anilines is 1. The van der Waals surface area contributed by atoms with E-state index in [1.807, 2.05) is 20.8 Å². The van der Waals surface area contributed by atoms with Crippen molar-refractivity contribution in [3.8, 4) is 62.9 Å². The molecular weight excluding hydrogens is 1500 g/mol. The Morgan fingerprint density at radius 2 is 1.29 bits per heavy atom. The van der Waals surface area contributed by atoms with E-state index in [1.165, 1.54) is 56.4 Å². The number of carbonyl (C=O) groups is 9. The molecule has 10 amide bonds. The van der Waals surface area contributed by atoms with E-state index in [-0.39, 0.29) is 91.4 Å². The Morgan fingerprint density at radius 3 is 1.94 bits per heavy atom. The lowest BCUT2D eigenvalue weighted by Crippen LogP contribution is -2.60. The number of benzene rings is 6. The number of aromatic hydroxyl groups is 3. The van der Waals surface area contributed by atoms with Gasteiger partial charge < -0.3 is 118 Å². The number of likely N-dealkylation sites (N-methyl/N-ethyl adjacent to an activating group) is 1. The molecule has 0 spiro atoms. The molecule has 6 heterocycles. The minimum absolute atomic E-state index is 0.0399. The molecule has 4 aliphatic carbocycles. The maximum atomic E-state index is 16.4. The number of hydrogen-bond acceptors (Lipinski definition) is 24. The van der Waals surface area contributed by atoms with Gasteiger partial charge in [-0.3, -0.25) is 43.7 Å². The number of phenolic OH excluding ortho intramolecular Hbond substituents is 3. The van der Waals surface area contributed by atoms with Gasteiger partial charge in [-0.05, 0) is 201 Å². The Bertz CT molecular complexity index is 4690. The number of nitrogens with two attached hydrogens (primary N) is 1. The molecule has 606 valence electrons. The number of aliphatic hydroxyl groups excluding tert-OH is 5.